The molecule has 0 bridgehead atoms. The van der Waals surface area contributed by atoms with Crippen molar-refractivity contribution in [3.8, 4) is 0 Å². The summed E-state index contributed by atoms with van der Waals surface area (Å²) < 4.78 is 0. The van der Waals surface area contributed by atoms with Gasteiger partial charge in [-0.15, -0.1) is 0 Å². The quantitative estimate of drug-likeness (QED) is 0.729. The van der Waals surface area contributed by atoms with Crippen molar-refractivity contribution < 1.29 is 0 Å². The first-order valence-corrected chi connectivity index (χ1v) is 7.62. The van der Waals surface area contributed by atoms with Crippen molar-refractivity contribution in [1.82, 2.24) is 15.2 Å². The van der Waals surface area contributed by atoms with Gasteiger partial charge in [0.2, 0.25) is 0 Å². The zero-order valence-corrected chi connectivity index (χ0v) is 12.4. The standard InChI is InChI=1S/C16H27N3/c1-3-10-17-11-15-8-5-9-16(18-15)13-19(2)12-14-6-4-7-14/h5,8-9,14,17H,3-4,6-7,10-13H2,1-2H3. The van der Waals surface area contributed by atoms with Crippen LogP contribution in [0.2, 0.25) is 0 Å². The maximum Gasteiger partial charge on any atom is 0.0547 e. The predicted molar refractivity (Wildman–Crippen MR) is 79.9 cm³/mol. The summed E-state index contributed by atoms with van der Waals surface area (Å²) in [5.74, 6) is 0.930. The van der Waals surface area contributed by atoms with Crippen molar-refractivity contribution in [2.75, 3.05) is 20.1 Å². The second kappa shape index (κ2) is 7.61. The van der Waals surface area contributed by atoms with Crippen molar-refractivity contribution in [3.63, 3.8) is 0 Å². The summed E-state index contributed by atoms with van der Waals surface area (Å²) >= 11 is 0. The molecular formula is C16H27N3. The average molecular weight is 261 g/mol. The van der Waals surface area contributed by atoms with Crippen LogP contribution in [0.15, 0.2) is 18.2 Å². The van der Waals surface area contributed by atoms with Crippen LogP contribution in [-0.4, -0.2) is 30.0 Å². The second-order valence-electron chi connectivity index (χ2n) is 5.79. The van der Waals surface area contributed by atoms with Crippen molar-refractivity contribution >= 4 is 0 Å². The predicted octanol–water partition coefficient (Wildman–Crippen LogP) is 2.81. The summed E-state index contributed by atoms with van der Waals surface area (Å²) in [6, 6.07) is 6.38. The minimum atomic E-state index is 0.883. The molecule has 3 nitrogen and oxygen atoms in total. The van der Waals surface area contributed by atoms with Crippen LogP contribution in [0.3, 0.4) is 0 Å². The minimum Gasteiger partial charge on any atom is -0.311 e. The van der Waals surface area contributed by atoms with Crippen LogP contribution in [0, 0.1) is 5.92 Å². The third-order valence-corrected chi connectivity index (χ3v) is 3.82. The molecule has 1 aliphatic carbocycles. The Hall–Kier alpha value is -0.930. The first kappa shape index (κ1) is 14.5. The summed E-state index contributed by atoms with van der Waals surface area (Å²) in [5.41, 5.74) is 2.35. The Morgan fingerprint density at radius 2 is 2.11 bits per heavy atom. The molecule has 0 spiro atoms. The number of hydrogen-bond donors (Lipinski definition) is 1. The van der Waals surface area contributed by atoms with Gasteiger partial charge in [-0.25, -0.2) is 0 Å². The Bertz CT molecular complexity index is 374. The van der Waals surface area contributed by atoms with E-state index in [1.165, 1.54) is 37.9 Å². The highest BCUT2D eigenvalue weighted by molar-refractivity contribution is 5.11. The van der Waals surface area contributed by atoms with Crippen LogP contribution in [0.25, 0.3) is 0 Å². The maximum atomic E-state index is 4.73. The zero-order valence-electron chi connectivity index (χ0n) is 12.4. The number of pyridine rings is 1. The van der Waals surface area contributed by atoms with Gasteiger partial charge in [0.1, 0.15) is 0 Å². The van der Waals surface area contributed by atoms with Crippen LogP contribution >= 0.6 is 0 Å². The molecule has 1 heterocycles. The lowest BCUT2D eigenvalue weighted by Crippen LogP contribution is -2.29. The SMILES string of the molecule is CCCNCc1cccc(CN(C)CC2CCC2)n1. The van der Waals surface area contributed by atoms with Gasteiger partial charge in [-0.2, -0.15) is 0 Å². The van der Waals surface area contributed by atoms with Crippen molar-refractivity contribution in [2.24, 2.45) is 5.92 Å². The van der Waals surface area contributed by atoms with E-state index in [0.717, 1.165) is 31.2 Å². The fourth-order valence-corrected chi connectivity index (χ4v) is 2.57. The summed E-state index contributed by atoms with van der Waals surface area (Å²) in [5, 5.41) is 3.41. The zero-order chi connectivity index (χ0) is 13.5. The van der Waals surface area contributed by atoms with E-state index < -0.39 is 0 Å². The normalized spacial score (nSPS) is 15.7. The molecule has 0 aliphatic heterocycles. The lowest BCUT2D eigenvalue weighted by atomic mass is 9.85. The van der Waals surface area contributed by atoms with Crippen molar-refractivity contribution in [3.05, 3.63) is 29.6 Å². The summed E-state index contributed by atoms with van der Waals surface area (Å²) in [6.07, 6.45) is 5.43. The molecule has 0 atom stereocenters. The Kier molecular flexibility index (Phi) is 5.80. The first-order valence-electron chi connectivity index (χ1n) is 7.62. The molecule has 2 rings (SSSR count). The molecule has 3 heteroatoms. The highest BCUT2D eigenvalue weighted by atomic mass is 15.1. The number of hydrogen-bond acceptors (Lipinski definition) is 3. The number of nitrogens with zero attached hydrogens (tertiary/aromatic N) is 2. The second-order valence-corrected chi connectivity index (χ2v) is 5.79. The molecule has 0 aromatic carbocycles. The van der Waals surface area contributed by atoms with Gasteiger partial charge in [-0.05, 0) is 50.9 Å². The molecule has 1 N–H and O–H groups in total. The first-order chi connectivity index (χ1) is 9.28. The molecule has 0 unspecified atom stereocenters. The molecule has 1 aromatic heterocycles. The highest BCUT2D eigenvalue weighted by Gasteiger charge is 2.19. The van der Waals surface area contributed by atoms with Crippen LogP contribution in [0.5, 0.6) is 0 Å². The molecule has 0 saturated heterocycles. The van der Waals surface area contributed by atoms with E-state index in [4.69, 9.17) is 4.98 Å². The minimum absolute atomic E-state index is 0.883. The van der Waals surface area contributed by atoms with E-state index in [0.29, 0.717) is 0 Å². The average Bonchev–Trinajstić information content (AvgIpc) is 2.35. The largest absolute Gasteiger partial charge is 0.311 e. The molecule has 1 saturated carbocycles. The molecule has 19 heavy (non-hydrogen) atoms. The van der Waals surface area contributed by atoms with E-state index in [1.807, 2.05) is 0 Å². The van der Waals surface area contributed by atoms with E-state index >= 15 is 0 Å². The molecule has 1 aliphatic rings. The van der Waals surface area contributed by atoms with Gasteiger partial charge >= 0.3 is 0 Å². The fraction of sp³-hybridized carbons (Fsp3) is 0.688. The van der Waals surface area contributed by atoms with Gasteiger partial charge in [-0.1, -0.05) is 19.4 Å². The van der Waals surface area contributed by atoms with Crippen molar-refractivity contribution in [2.45, 2.75) is 45.7 Å². The van der Waals surface area contributed by atoms with E-state index in [-0.39, 0.29) is 0 Å². The summed E-state index contributed by atoms with van der Waals surface area (Å²) in [6.45, 7) is 6.33. The smallest absolute Gasteiger partial charge is 0.0547 e. The van der Waals surface area contributed by atoms with Crippen LogP contribution in [0.1, 0.15) is 44.0 Å². The fourth-order valence-electron chi connectivity index (χ4n) is 2.57. The summed E-state index contributed by atoms with van der Waals surface area (Å²) in [7, 11) is 2.21. The van der Waals surface area contributed by atoms with Gasteiger partial charge in [0.25, 0.3) is 0 Å². The van der Waals surface area contributed by atoms with Crippen LogP contribution < -0.4 is 5.32 Å². The highest BCUT2D eigenvalue weighted by Crippen LogP contribution is 2.26. The topological polar surface area (TPSA) is 28.2 Å². The number of rotatable bonds is 8. The molecular weight excluding hydrogens is 234 g/mol. The maximum absolute atomic E-state index is 4.73. The molecule has 0 amide bonds. The Balaban J connectivity index is 1.79. The van der Waals surface area contributed by atoms with Crippen LogP contribution in [-0.2, 0) is 13.1 Å². The molecule has 106 valence electrons. The Morgan fingerprint density at radius 1 is 1.32 bits per heavy atom. The molecule has 0 radical (unpaired) electrons. The third-order valence-electron chi connectivity index (χ3n) is 3.82. The summed E-state index contributed by atoms with van der Waals surface area (Å²) in [4.78, 5) is 7.14. The van der Waals surface area contributed by atoms with Gasteiger partial charge in [0.05, 0.1) is 11.4 Å². The van der Waals surface area contributed by atoms with Gasteiger partial charge in [0.15, 0.2) is 0 Å². The monoisotopic (exact) mass is 261 g/mol. The molecule has 1 fully saturated rings. The van der Waals surface area contributed by atoms with E-state index in [9.17, 15) is 0 Å². The molecule has 1 aromatic rings. The number of aromatic nitrogens is 1. The van der Waals surface area contributed by atoms with Gasteiger partial charge in [0, 0.05) is 19.6 Å². The lowest BCUT2D eigenvalue weighted by molar-refractivity contribution is 0.199. The van der Waals surface area contributed by atoms with Crippen LogP contribution in [0.4, 0.5) is 0 Å². The Morgan fingerprint density at radius 3 is 2.79 bits per heavy atom. The van der Waals surface area contributed by atoms with Gasteiger partial charge in [-0.3, -0.25) is 4.98 Å². The third kappa shape index (κ3) is 4.92. The van der Waals surface area contributed by atoms with Crippen molar-refractivity contribution in [1.29, 1.82) is 0 Å². The van der Waals surface area contributed by atoms with Gasteiger partial charge < -0.3 is 10.2 Å². The number of nitrogens with one attached hydrogen (secondary N) is 1. The Labute approximate surface area is 117 Å². The van der Waals surface area contributed by atoms with E-state index in [2.05, 4.69) is 42.4 Å². The van der Waals surface area contributed by atoms with E-state index in [1.54, 1.807) is 0 Å². The lowest BCUT2D eigenvalue weighted by Gasteiger charge is -2.30.